The molecule has 0 spiro atoms. The summed E-state index contributed by atoms with van der Waals surface area (Å²) in [4.78, 5) is 10.5. The van der Waals surface area contributed by atoms with Crippen LogP contribution in [0.5, 0.6) is 0 Å². The third-order valence-electron chi connectivity index (χ3n) is 0.860. The van der Waals surface area contributed by atoms with Gasteiger partial charge in [-0.05, 0) is 0 Å². The van der Waals surface area contributed by atoms with E-state index >= 15 is 0 Å². The minimum atomic E-state index is -0.441. The van der Waals surface area contributed by atoms with Gasteiger partial charge >= 0.3 is 0 Å². The third kappa shape index (κ3) is 6.77. The molecule has 62 valence electrons. The van der Waals surface area contributed by atoms with E-state index in [2.05, 4.69) is 4.74 Å². The van der Waals surface area contributed by atoms with Gasteiger partial charge in [0.1, 0.15) is 6.61 Å². The Kier molecular flexibility index (Phi) is 6.28. The van der Waals surface area contributed by atoms with Crippen LogP contribution in [0.4, 0.5) is 0 Å². The van der Waals surface area contributed by atoms with Gasteiger partial charge in [0.2, 0.25) is 0 Å². The highest BCUT2D eigenvalue weighted by atomic mass is 16.5. The molecule has 5 nitrogen and oxygen atoms in total. The molecule has 0 aromatic heterocycles. The molecule has 0 saturated carbocycles. The molecule has 0 aliphatic rings. The van der Waals surface area contributed by atoms with Crippen LogP contribution in [0, 0.1) is 11.5 Å². The van der Waals surface area contributed by atoms with E-state index in [1.807, 2.05) is 5.32 Å². The lowest BCUT2D eigenvalue weighted by Crippen LogP contribution is -2.23. The maximum atomic E-state index is 10.5. The molecule has 1 N–H and O–H groups in total. The second-order valence-electron chi connectivity index (χ2n) is 1.71. The molecule has 11 heavy (non-hydrogen) atoms. The van der Waals surface area contributed by atoms with E-state index in [0.717, 1.165) is 0 Å². The van der Waals surface area contributed by atoms with E-state index in [4.69, 9.17) is 10.00 Å². The second-order valence-corrected chi connectivity index (χ2v) is 1.71. The molecule has 0 atom stereocenters. The average molecular weight is 158 g/mol. The maximum Gasteiger partial charge on any atom is 0.258 e. The maximum absolute atomic E-state index is 10.5. The van der Waals surface area contributed by atoms with Gasteiger partial charge in [0.25, 0.3) is 5.91 Å². The first-order chi connectivity index (χ1) is 5.31. The topological polar surface area (TPSA) is 71.3 Å². The van der Waals surface area contributed by atoms with Crippen LogP contribution in [0.25, 0.3) is 0 Å². The Labute approximate surface area is 64.9 Å². The molecule has 1 amide bonds. The van der Waals surface area contributed by atoms with Crippen molar-refractivity contribution in [2.75, 3.05) is 26.9 Å². The molecule has 0 heterocycles. The minimum Gasteiger partial charge on any atom is -0.382 e. The van der Waals surface area contributed by atoms with Crippen LogP contribution in [-0.4, -0.2) is 32.8 Å². The monoisotopic (exact) mass is 158 g/mol. The number of nitrogens with zero attached hydrogens (tertiary/aromatic N) is 1. The first kappa shape index (κ1) is 9.88. The highest BCUT2D eigenvalue weighted by molar-refractivity contribution is 5.78. The average Bonchev–Trinajstić information content (AvgIpc) is 1.99. The molecule has 0 rings (SSSR count). The summed E-state index contributed by atoms with van der Waals surface area (Å²) in [5, 5.41) is 9.90. The van der Waals surface area contributed by atoms with Crippen LogP contribution in [0.1, 0.15) is 0 Å². The zero-order valence-electron chi connectivity index (χ0n) is 6.29. The van der Waals surface area contributed by atoms with Gasteiger partial charge in [0.05, 0.1) is 13.2 Å². The summed E-state index contributed by atoms with van der Waals surface area (Å²) in [6.45, 7) is 0.700. The highest BCUT2D eigenvalue weighted by Crippen LogP contribution is 1.75. The first-order valence-electron chi connectivity index (χ1n) is 3.06. The lowest BCUT2D eigenvalue weighted by molar-refractivity contribution is -0.124. The van der Waals surface area contributed by atoms with Crippen LogP contribution in [-0.2, 0) is 14.3 Å². The number of nitrogens with one attached hydrogen (secondary N) is 1. The molecule has 5 heteroatoms. The van der Waals surface area contributed by atoms with Crippen LogP contribution < -0.4 is 5.32 Å². The third-order valence-corrected chi connectivity index (χ3v) is 0.860. The zero-order valence-corrected chi connectivity index (χ0v) is 6.29. The molecule has 0 aliphatic carbocycles. The fourth-order valence-electron chi connectivity index (χ4n) is 0.406. The summed E-state index contributed by atoms with van der Waals surface area (Å²) in [5.41, 5.74) is 0. The molecule has 0 aromatic rings. The van der Waals surface area contributed by atoms with Crippen molar-refractivity contribution in [3.8, 4) is 6.19 Å². The normalized spacial score (nSPS) is 8.73. The Hall–Kier alpha value is -1.12. The van der Waals surface area contributed by atoms with Gasteiger partial charge < -0.3 is 9.47 Å². The second kappa shape index (κ2) is 6.99. The fourth-order valence-corrected chi connectivity index (χ4v) is 0.406. The zero-order chi connectivity index (χ0) is 8.53. The number of carbonyl (C=O) groups is 1. The van der Waals surface area contributed by atoms with Crippen molar-refractivity contribution in [2.24, 2.45) is 0 Å². The number of carbonyl (C=O) groups excluding carboxylic acids is 1. The van der Waals surface area contributed by atoms with Crippen molar-refractivity contribution < 1.29 is 14.3 Å². The Bertz CT molecular complexity index is 152. The van der Waals surface area contributed by atoms with Crippen LogP contribution >= 0.6 is 0 Å². The van der Waals surface area contributed by atoms with Crippen molar-refractivity contribution in [3.05, 3.63) is 0 Å². The standard InChI is InChI=1S/C6H10N2O3/c1-10-2-3-11-4-6(9)8-5-7/h2-4H2,1H3,(H,8,9). The van der Waals surface area contributed by atoms with Crippen molar-refractivity contribution >= 4 is 5.91 Å². The molecule has 0 bridgehead atoms. The van der Waals surface area contributed by atoms with Crippen molar-refractivity contribution in [1.29, 1.82) is 5.26 Å². The highest BCUT2D eigenvalue weighted by Gasteiger charge is 1.97. The summed E-state index contributed by atoms with van der Waals surface area (Å²) < 4.78 is 9.46. The van der Waals surface area contributed by atoms with E-state index in [-0.39, 0.29) is 6.61 Å². The minimum absolute atomic E-state index is 0.100. The number of hydrogen-bond donors (Lipinski definition) is 1. The predicted molar refractivity (Wildman–Crippen MR) is 36.5 cm³/mol. The van der Waals surface area contributed by atoms with Crippen molar-refractivity contribution in [2.45, 2.75) is 0 Å². The van der Waals surface area contributed by atoms with Gasteiger partial charge in [0, 0.05) is 7.11 Å². The molecule has 0 fully saturated rings. The van der Waals surface area contributed by atoms with Crippen LogP contribution in [0.2, 0.25) is 0 Å². The van der Waals surface area contributed by atoms with Gasteiger partial charge in [-0.25, -0.2) is 0 Å². The van der Waals surface area contributed by atoms with Crippen molar-refractivity contribution in [3.63, 3.8) is 0 Å². The molecule has 0 unspecified atom stereocenters. The summed E-state index contributed by atoms with van der Waals surface area (Å²) in [6, 6.07) is 0. The lowest BCUT2D eigenvalue weighted by atomic mass is 10.6. The van der Waals surface area contributed by atoms with Crippen LogP contribution in [0.3, 0.4) is 0 Å². The first-order valence-corrected chi connectivity index (χ1v) is 3.06. The Morgan fingerprint density at radius 3 is 2.91 bits per heavy atom. The quantitative estimate of drug-likeness (QED) is 0.324. The molecule has 0 aliphatic heterocycles. The summed E-state index contributed by atoms with van der Waals surface area (Å²) in [6.07, 6.45) is 1.50. The van der Waals surface area contributed by atoms with Gasteiger partial charge in [-0.2, -0.15) is 5.26 Å². The van der Waals surface area contributed by atoms with E-state index in [9.17, 15) is 4.79 Å². The van der Waals surface area contributed by atoms with E-state index in [1.54, 1.807) is 7.11 Å². The van der Waals surface area contributed by atoms with Crippen molar-refractivity contribution in [1.82, 2.24) is 5.32 Å². The summed E-state index contributed by atoms with van der Waals surface area (Å²) >= 11 is 0. The van der Waals surface area contributed by atoms with Gasteiger partial charge in [0.15, 0.2) is 6.19 Å². The van der Waals surface area contributed by atoms with Crippen LogP contribution in [0.15, 0.2) is 0 Å². The molecule has 0 saturated heterocycles. The number of amides is 1. The summed E-state index contributed by atoms with van der Waals surface area (Å²) in [5.74, 6) is -0.441. The molecular formula is C6H10N2O3. The van der Waals surface area contributed by atoms with Gasteiger partial charge in [-0.3, -0.25) is 10.1 Å². The number of ether oxygens (including phenoxy) is 2. The number of rotatable bonds is 5. The smallest absolute Gasteiger partial charge is 0.258 e. The number of methoxy groups -OCH3 is 1. The SMILES string of the molecule is COCCOCC(=O)NC#N. The Balaban J connectivity index is 3.12. The predicted octanol–water partition coefficient (Wildman–Crippen LogP) is -0.753. The molecule has 0 radical (unpaired) electrons. The lowest BCUT2D eigenvalue weighted by Gasteiger charge is -1.99. The molecular weight excluding hydrogens is 148 g/mol. The fraction of sp³-hybridized carbons (Fsp3) is 0.667. The number of hydrogen-bond acceptors (Lipinski definition) is 4. The van der Waals surface area contributed by atoms with E-state index in [1.165, 1.54) is 6.19 Å². The number of nitriles is 1. The molecule has 0 aromatic carbocycles. The van der Waals surface area contributed by atoms with E-state index < -0.39 is 5.91 Å². The van der Waals surface area contributed by atoms with Gasteiger partial charge in [-0.15, -0.1) is 0 Å². The Morgan fingerprint density at radius 2 is 2.36 bits per heavy atom. The van der Waals surface area contributed by atoms with Gasteiger partial charge in [-0.1, -0.05) is 0 Å². The van der Waals surface area contributed by atoms with E-state index in [0.29, 0.717) is 13.2 Å². The Morgan fingerprint density at radius 1 is 1.64 bits per heavy atom. The summed E-state index contributed by atoms with van der Waals surface area (Å²) in [7, 11) is 1.54. The largest absolute Gasteiger partial charge is 0.382 e.